The third-order valence-corrected chi connectivity index (χ3v) is 13.2. The highest BCUT2D eigenvalue weighted by atomic mass is 35.5. The minimum Gasteiger partial charge on any atom is -0.453 e. The van der Waals surface area contributed by atoms with Crippen LogP contribution in [0.25, 0.3) is 11.1 Å². The molecule has 15 nitrogen and oxygen atoms in total. The van der Waals surface area contributed by atoms with Crippen LogP contribution in [0.1, 0.15) is 31.9 Å². The van der Waals surface area contributed by atoms with Crippen molar-refractivity contribution in [3.05, 3.63) is 258 Å². The fourth-order valence-electron chi connectivity index (χ4n) is 6.93. The number of ketones is 12. The average Bonchev–Trinajstić information content (AvgIpc) is 3.72. The maximum Gasteiger partial charge on any atom is 0.256 e. The quantitative estimate of drug-likeness (QED) is 0.134. The second kappa shape index (κ2) is 31.4. The molecule has 0 saturated heterocycles. The molecule has 23 heteroatoms. The topological polar surface area (TPSA) is 244 Å². The van der Waals surface area contributed by atoms with E-state index < -0.39 is 84.7 Å². The Morgan fingerprint density at radius 3 is 0.931 bits per heavy atom. The zero-order valence-corrected chi connectivity index (χ0v) is 48.1. The molecule has 87 heavy (non-hydrogen) atoms. The Bertz CT molecular complexity index is 3710. The van der Waals surface area contributed by atoms with E-state index in [-0.39, 0.29) is 51.8 Å². The predicted molar refractivity (Wildman–Crippen MR) is 312 cm³/mol. The molecule has 0 spiro atoms. The van der Waals surface area contributed by atoms with E-state index in [0.29, 0.717) is 44.9 Å². The van der Waals surface area contributed by atoms with Crippen molar-refractivity contribution in [2.75, 3.05) is 6.61 Å². The summed E-state index contributed by atoms with van der Waals surface area (Å²) in [6, 6.07) is 35.8. The van der Waals surface area contributed by atoms with Crippen LogP contribution in [0.4, 0.5) is 17.6 Å². The Morgan fingerprint density at radius 1 is 0.333 bits per heavy atom. The second-order valence-electron chi connectivity index (χ2n) is 17.7. The van der Waals surface area contributed by atoms with Crippen molar-refractivity contribution < 1.29 is 89.7 Å². The van der Waals surface area contributed by atoms with Crippen LogP contribution in [0.15, 0.2) is 247 Å². The van der Waals surface area contributed by atoms with E-state index in [9.17, 15) is 75.1 Å². The van der Waals surface area contributed by atoms with Gasteiger partial charge in [-0.15, -0.1) is 0 Å². The minimum atomic E-state index is -2.20. The number of allylic oxidation sites excluding steroid dienone is 21. The molecule has 442 valence electrons. The first-order valence-corrected chi connectivity index (χ1v) is 26.2. The van der Waals surface area contributed by atoms with E-state index in [1.807, 2.05) is 48.5 Å². The first-order chi connectivity index (χ1) is 41.2. The van der Waals surface area contributed by atoms with Crippen LogP contribution in [-0.2, 0) is 57.5 Å². The molecule has 0 bridgehead atoms. The molecule has 10 rings (SSSR count). The molecule has 0 radical (unpaired) electrons. The van der Waals surface area contributed by atoms with Gasteiger partial charge < -0.3 is 14.6 Å². The highest BCUT2D eigenvalue weighted by molar-refractivity contribution is 6.69. The molecule has 0 aromatic heterocycles. The molecule has 6 aliphatic carbocycles. The molecule has 0 fully saturated rings. The van der Waals surface area contributed by atoms with E-state index in [1.165, 1.54) is 36.5 Å². The van der Waals surface area contributed by atoms with Gasteiger partial charge in [0.25, 0.3) is 11.6 Å². The van der Waals surface area contributed by atoms with Gasteiger partial charge in [-0.05, 0) is 92.6 Å². The molecular weight excluding hydrogens is 1230 g/mol. The number of hydrogen-bond acceptors (Lipinski definition) is 15. The summed E-state index contributed by atoms with van der Waals surface area (Å²) in [5.74, 6) is -15.1. The first kappa shape index (κ1) is 68.0. The highest BCUT2D eigenvalue weighted by Gasteiger charge is 2.37. The maximum absolute atomic E-state index is 12.1. The number of benzene rings is 4. The molecule has 1 N–H and O–H groups in total. The van der Waals surface area contributed by atoms with Crippen molar-refractivity contribution in [3.63, 3.8) is 0 Å². The van der Waals surface area contributed by atoms with Gasteiger partial charge in [0, 0.05) is 45.6 Å². The average molecular weight is 1270 g/mol. The summed E-state index contributed by atoms with van der Waals surface area (Å²) >= 11 is 21.5. The third kappa shape index (κ3) is 18.1. The van der Waals surface area contributed by atoms with Crippen LogP contribution in [-0.4, -0.2) is 81.1 Å². The predicted octanol–water partition coefficient (Wildman–Crippen LogP) is 11.4. The van der Waals surface area contributed by atoms with Crippen molar-refractivity contribution in [2.24, 2.45) is 0 Å². The second-order valence-corrected chi connectivity index (χ2v) is 19.3. The van der Waals surface area contributed by atoms with Crippen molar-refractivity contribution in [3.8, 4) is 11.5 Å². The zero-order valence-electron chi connectivity index (χ0n) is 45.1. The molecule has 0 saturated carbocycles. The monoisotopic (exact) mass is 1260 g/mol. The first-order valence-electron chi connectivity index (χ1n) is 24.7. The Morgan fingerprint density at radius 2 is 0.609 bits per heavy atom. The van der Waals surface area contributed by atoms with Crippen LogP contribution in [0.2, 0.25) is 0 Å². The number of halogens is 8. The summed E-state index contributed by atoms with van der Waals surface area (Å²) in [6.45, 7) is 4.54. The fraction of sp³-hybridized carbons (Fsp3) is 0.0625. The van der Waals surface area contributed by atoms with Gasteiger partial charge in [-0.25, -0.2) is 0 Å². The number of carbonyl (C=O) groups is 12. The van der Waals surface area contributed by atoms with E-state index in [4.69, 9.17) is 61.0 Å². The van der Waals surface area contributed by atoms with E-state index in [1.54, 1.807) is 93.6 Å². The van der Waals surface area contributed by atoms with Crippen molar-refractivity contribution in [2.45, 2.75) is 20.8 Å². The molecule has 0 atom stereocenters. The molecule has 0 heterocycles. The van der Waals surface area contributed by atoms with Crippen LogP contribution in [0.5, 0.6) is 11.5 Å². The van der Waals surface area contributed by atoms with Gasteiger partial charge in [0.2, 0.25) is 46.4 Å². The van der Waals surface area contributed by atoms with Crippen LogP contribution in [0.3, 0.4) is 0 Å². The minimum absolute atomic E-state index is 0.0170. The lowest BCUT2D eigenvalue weighted by molar-refractivity contribution is -0.120. The van der Waals surface area contributed by atoms with Crippen molar-refractivity contribution in [1.82, 2.24) is 0 Å². The van der Waals surface area contributed by atoms with Gasteiger partial charge in [0.15, 0.2) is 46.2 Å². The van der Waals surface area contributed by atoms with Gasteiger partial charge >= 0.3 is 0 Å². The van der Waals surface area contributed by atoms with Gasteiger partial charge in [-0.1, -0.05) is 143 Å². The Labute approximate surface area is 511 Å². The number of rotatable bonds is 7. The summed E-state index contributed by atoms with van der Waals surface area (Å²) in [5, 5.41) is 7.30. The van der Waals surface area contributed by atoms with Gasteiger partial charge in [-0.3, -0.25) is 57.5 Å². The van der Waals surface area contributed by atoms with Crippen molar-refractivity contribution in [1.29, 1.82) is 0 Å². The smallest absolute Gasteiger partial charge is 0.256 e. The number of hydrogen-bond donors (Lipinski definition) is 1. The summed E-state index contributed by atoms with van der Waals surface area (Å²) in [5.41, 5.74) is 4.05. The lowest BCUT2D eigenvalue weighted by Gasteiger charge is -2.13. The highest BCUT2D eigenvalue weighted by Crippen LogP contribution is 2.33. The van der Waals surface area contributed by atoms with Gasteiger partial charge in [0.1, 0.15) is 31.6 Å². The summed E-state index contributed by atoms with van der Waals surface area (Å²) in [4.78, 5) is 134. The normalized spacial score (nSPS) is 16.7. The third-order valence-electron chi connectivity index (χ3n) is 11.6. The molecule has 4 aromatic carbocycles. The lowest BCUT2D eigenvalue weighted by Crippen LogP contribution is -2.19. The van der Waals surface area contributed by atoms with Gasteiger partial charge in [-0.2, -0.15) is 17.6 Å². The Hall–Kier alpha value is -9.76. The summed E-state index contributed by atoms with van der Waals surface area (Å²) < 4.78 is 59.4. The molecule has 0 unspecified atom stereocenters. The standard InChI is InChI=1S/C18H12O4.C13H10O3.C13H10O2.C8H8O2.C6Cl4O2.C6F4O2/c19-15-12-18(22-14-9-5-2-6-10-14)16(20)11-17(15)21-13-7-3-1-4-8-13;14-8-10-6-13(16)11(7-12(10)15)9-4-2-1-3-5-9;1-9-7-13(15)11(8-12(9)14)10-5-3-2-4-6-10;1-5-3-8(10)6(2)4-7(5)9;2*7-1-2(8)6(12)4(10)3(9)5(1)11/h1-12H;1-7,14H,8H2;2-8H,1H3;3-4H,1-2H3;;. The molecule has 6 aliphatic rings. The maximum atomic E-state index is 12.1. The van der Waals surface area contributed by atoms with Gasteiger partial charge in [0.05, 0.1) is 6.61 Å². The lowest BCUT2D eigenvalue weighted by atomic mass is 9.92. The van der Waals surface area contributed by atoms with E-state index in [0.717, 1.165) is 17.7 Å². The van der Waals surface area contributed by atoms with Crippen LogP contribution < -0.4 is 9.47 Å². The SMILES string of the molecule is CC1=CC(=O)C(C)=CC1=O.CC1=CC(=O)C(c2ccccc2)=CC1=O.O=C1C(Cl)=C(Cl)C(=O)C(Cl)=C1Cl.O=C1C(F)=C(F)C(=O)C(F)=C1F.O=C1C=C(Oc2ccccc2)C(=O)C=C1Oc1ccccc1.O=C1C=C(c2ccccc2)C(=O)C=C1CO. The number of aliphatic hydroxyl groups is 1. The van der Waals surface area contributed by atoms with Crippen molar-refractivity contribution >= 4 is 127 Å². The zero-order chi connectivity index (χ0) is 64.4. The van der Waals surface area contributed by atoms with Crippen LogP contribution in [0, 0.1) is 0 Å². The molecular formula is C64H40Cl4F4O15. The number of aliphatic hydroxyl groups excluding tert-OH is 1. The Balaban J connectivity index is 0.000000194. The molecule has 0 amide bonds. The summed E-state index contributed by atoms with van der Waals surface area (Å²) in [6.07, 6.45) is 10.3. The van der Waals surface area contributed by atoms with Crippen LogP contribution >= 0.6 is 46.4 Å². The largest absolute Gasteiger partial charge is 0.453 e. The molecule has 4 aromatic rings. The van der Waals surface area contributed by atoms with E-state index in [2.05, 4.69) is 0 Å². The Kier molecular flexibility index (Phi) is 24.6. The number of Topliss-reactive ketones (excluding diaryl/α,β-unsaturated/α-hetero) is 4. The fourth-order valence-corrected chi connectivity index (χ4v) is 7.75. The number of carbonyl (C=O) groups excluding carboxylic acids is 12. The molecule has 0 aliphatic heterocycles. The number of ether oxygens (including phenoxy) is 2. The van der Waals surface area contributed by atoms with E-state index >= 15 is 0 Å². The number of para-hydroxylation sites is 2. The summed E-state index contributed by atoms with van der Waals surface area (Å²) in [7, 11) is 0.